The number of carbonyl (C=O) groups excluding carboxylic acids is 1. The second kappa shape index (κ2) is 9.33. The Morgan fingerprint density at radius 2 is 2.06 bits per heavy atom. The number of methoxy groups -OCH3 is 1. The molecular weight excluding hydrogens is 428 g/mol. The van der Waals surface area contributed by atoms with Crippen molar-refractivity contribution < 1.29 is 19.0 Å². The summed E-state index contributed by atoms with van der Waals surface area (Å²) in [6.45, 7) is 4.36. The lowest BCUT2D eigenvalue weighted by Crippen LogP contribution is -2.51. The molecular formula is C23H30N4O4S. The van der Waals surface area contributed by atoms with Gasteiger partial charge in [-0.2, -0.15) is 4.37 Å². The molecule has 0 bridgehead atoms. The molecule has 3 aliphatic rings. The first-order chi connectivity index (χ1) is 15.6. The van der Waals surface area contributed by atoms with Crippen molar-refractivity contribution in [1.29, 1.82) is 0 Å². The Labute approximate surface area is 192 Å². The topological polar surface area (TPSA) is 77.0 Å². The highest BCUT2D eigenvalue weighted by molar-refractivity contribution is 7.09. The number of piperidine rings is 2. The molecule has 1 aromatic carbocycles. The third-order valence-corrected chi connectivity index (χ3v) is 7.46. The van der Waals surface area contributed by atoms with E-state index >= 15 is 0 Å². The van der Waals surface area contributed by atoms with Crippen LogP contribution in [0.15, 0.2) is 24.3 Å². The molecule has 32 heavy (non-hydrogen) atoms. The van der Waals surface area contributed by atoms with E-state index in [0.29, 0.717) is 39.3 Å². The van der Waals surface area contributed by atoms with Crippen molar-refractivity contribution >= 4 is 22.6 Å². The Balaban J connectivity index is 1.18. The van der Waals surface area contributed by atoms with Crippen LogP contribution in [0.3, 0.4) is 0 Å². The van der Waals surface area contributed by atoms with Gasteiger partial charge in [-0.1, -0.05) is 12.1 Å². The lowest BCUT2D eigenvalue weighted by atomic mass is 9.95. The Morgan fingerprint density at radius 1 is 1.25 bits per heavy atom. The standard InChI is InChI=1S/C23H30N4O4S/c1-29-19-6-2-4-17(14-19)15-20-24-22(32-25-20)27-9-3-5-18(16-27)21(28)26-10-7-23(8-11-26)30-12-13-31-23/h2,4,6,14,18H,3,5,7-13,15-16H2,1H3. The number of hydrogen-bond donors (Lipinski definition) is 0. The van der Waals surface area contributed by atoms with Gasteiger partial charge >= 0.3 is 0 Å². The van der Waals surface area contributed by atoms with Crippen LogP contribution in [0.5, 0.6) is 5.75 Å². The maximum atomic E-state index is 13.2. The number of likely N-dealkylation sites (tertiary alicyclic amines) is 1. The molecule has 9 heteroatoms. The fourth-order valence-electron chi connectivity index (χ4n) is 4.87. The van der Waals surface area contributed by atoms with Crippen LogP contribution in [0.2, 0.25) is 0 Å². The molecule has 3 fully saturated rings. The van der Waals surface area contributed by atoms with Crippen molar-refractivity contribution in [2.45, 2.75) is 37.9 Å². The first kappa shape index (κ1) is 21.6. The molecule has 0 saturated carbocycles. The predicted octanol–water partition coefficient (Wildman–Crippen LogP) is 2.72. The van der Waals surface area contributed by atoms with Crippen LogP contribution >= 0.6 is 11.5 Å². The molecule has 2 aromatic rings. The van der Waals surface area contributed by atoms with Gasteiger partial charge in [0.1, 0.15) is 11.6 Å². The molecule has 0 N–H and O–H groups in total. The van der Waals surface area contributed by atoms with E-state index in [-0.39, 0.29) is 11.8 Å². The minimum atomic E-state index is -0.443. The Bertz CT molecular complexity index is 936. The summed E-state index contributed by atoms with van der Waals surface area (Å²) >= 11 is 1.42. The van der Waals surface area contributed by atoms with E-state index in [4.69, 9.17) is 19.2 Å². The van der Waals surface area contributed by atoms with Crippen molar-refractivity contribution in [3.05, 3.63) is 35.7 Å². The van der Waals surface area contributed by atoms with Crippen LogP contribution in [0, 0.1) is 5.92 Å². The van der Waals surface area contributed by atoms with Gasteiger partial charge in [0, 0.05) is 57.0 Å². The summed E-state index contributed by atoms with van der Waals surface area (Å²) in [6, 6.07) is 7.99. The van der Waals surface area contributed by atoms with Gasteiger partial charge in [0.15, 0.2) is 5.79 Å². The summed E-state index contributed by atoms with van der Waals surface area (Å²) in [5.74, 6) is 1.47. The van der Waals surface area contributed by atoms with Gasteiger partial charge in [0.25, 0.3) is 0 Å². The van der Waals surface area contributed by atoms with E-state index in [1.165, 1.54) is 11.5 Å². The highest BCUT2D eigenvalue weighted by Gasteiger charge is 2.42. The average Bonchev–Trinajstić information content (AvgIpc) is 3.49. The molecule has 172 valence electrons. The van der Waals surface area contributed by atoms with E-state index in [0.717, 1.165) is 54.5 Å². The average molecular weight is 459 g/mol. The third-order valence-electron chi connectivity index (χ3n) is 6.65. The van der Waals surface area contributed by atoms with Crippen molar-refractivity contribution in [3.63, 3.8) is 0 Å². The van der Waals surface area contributed by atoms with E-state index in [2.05, 4.69) is 15.3 Å². The Kier molecular flexibility index (Phi) is 6.30. The van der Waals surface area contributed by atoms with Gasteiger partial charge in [-0.3, -0.25) is 4.79 Å². The number of benzene rings is 1. The second-order valence-electron chi connectivity index (χ2n) is 8.74. The van der Waals surface area contributed by atoms with Gasteiger partial charge in [-0.15, -0.1) is 0 Å². The maximum absolute atomic E-state index is 13.2. The van der Waals surface area contributed by atoms with E-state index in [9.17, 15) is 4.79 Å². The van der Waals surface area contributed by atoms with Gasteiger partial charge < -0.3 is 24.0 Å². The first-order valence-corrected chi connectivity index (χ1v) is 12.2. The lowest BCUT2D eigenvalue weighted by Gasteiger charge is -2.40. The number of aromatic nitrogens is 2. The zero-order valence-electron chi connectivity index (χ0n) is 18.5. The monoisotopic (exact) mass is 458 g/mol. The number of amides is 1. The highest BCUT2D eigenvalue weighted by Crippen LogP contribution is 2.33. The van der Waals surface area contributed by atoms with Gasteiger partial charge in [0.05, 0.1) is 26.2 Å². The lowest BCUT2D eigenvalue weighted by molar-refractivity contribution is -0.188. The van der Waals surface area contributed by atoms with Crippen LogP contribution in [0.25, 0.3) is 0 Å². The molecule has 0 aliphatic carbocycles. The molecule has 4 heterocycles. The van der Waals surface area contributed by atoms with Gasteiger partial charge in [-0.05, 0) is 30.5 Å². The molecule has 8 nitrogen and oxygen atoms in total. The SMILES string of the molecule is COc1cccc(Cc2nsc(N3CCCC(C(=O)N4CCC5(CC4)OCCO5)C3)n2)c1. The summed E-state index contributed by atoms with van der Waals surface area (Å²) in [5, 5.41) is 0.908. The van der Waals surface area contributed by atoms with E-state index in [1.54, 1.807) is 7.11 Å². The normalized spacial score (nSPS) is 23.0. The van der Waals surface area contributed by atoms with Gasteiger partial charge in [0.2, 0.25) is 11.0 Å². The zero-order chi connectivity index (χ0) is 22.0. The summed E-state index contributed by atoms with van der Waals surface area (Å²) < 4.78 is 21.5. The number of carbonyl (C=O) groups is 1. The quantitative estimate of drug-likeness (QED) is 0.682. The van der Waals surface area contributed by atoms with Crippen LogP contribution in [-0.2, 0) is 20.7 Å². The largest absolute Gasteiger partial charge is 0.497 e. The molecule has 0 radical (unpaired) electrons. The number of ether oxygens (including phenoxy) is 3. The first-order valence-electron chi connectivity index (χ1n) is 11.4. The number of rotatable bonds is 5. The molecule has 5 rings (SSSR count). The van der Waals surface area contributed by atoms with Crippen molar-refractivity contribution in [3.8, 4) is 5.75 Å². The van der Waals surface area contributed by atoms with Crippen molar-refractivity contribution in [2.75, 3.05) is 51.4 Å². The fraction of sp³-hybridized carbons (Fsp3) is 0.609. The number of nitrogens with zero attached hydrogens (tertiary/aromatic N) is 4. The summed E-state index contributed by atoms with van der Waals surface area (Å²) in [5.41, 5.74) is 1.12. The molecule has 1 spiro atoms. The van der Waals surface area contributed by atoms with Crippen molar-refractivity contribution in [1.82, 2.24) is 14.3 Å². The third kappa shape index (κ3) is 4.60. The summed E-state index contributed by atoms with van der Waals surface area (Å²) in [7, 11) is 1.67. The second-order valence-corrected chi connectivity index (χ2v) is 9.47. The molecule has 3 aliphatic heterocycles. The maximum Gasteiger partial charge on any atom is 0.227 e. The highest BCUT2D eigenvalue weighted by atomic mass is 32.1. The molecule has 1 atom stereocenters. The Morgan fingerprint density at radius 3 is 2.84 bits per heavy atom. The van der Waals surface area contributed by atoms with Gasteiger partial charge in [-0.25, -0.2) is 4.98 Å². The van der Waals surface area contributed by atoms with E-state index in [1.807, 2.05) is 23.1 Å². The number of hydrogen-bond acceptors (Lipinski definition) is 8. The Hall–Kier alpha value is -2.23. The van der Waals surface area contributed by atoms with Crippen LogP contribution in [0.4, 0.5) is 5.13 Å². The molecule has 3 saturated heterocycles. The fourth-order valence-corrected chi connectivity index (χ4v) is 5.59. The smallest absolute Gasteiger partial charge is 0.227 e. The van der Waals surface area contributed by atoms with Crippen molar-refractivity contribution in [2.24, 2.45) is 5.92 Å². The zero-order valence-corrected chi connectivity index (χ0v) is 19.3. The van der Waals surface area contributed by atoms with Crippen LogP contribution in [-0.4, -0.2) is 72.5 Å². The molecule has 1 amide bonds. The van der Waals surface area contributed by atoms with Crippen LogP contribution in [0.1, 0.15) is 37.1 Å². The van der Waals surface area contributed by atoms with Crippen LogP contribution < -0.4 is 9.64 Å². The summed E-state index contributed by atoms with van der Waals surface area (Å²) in [6.07, 6.45) is 4.12. The predicted molar refractivity (Wildman–Crippen MR) is 121 cm³/mol. The minimum absolute atomic E-state index is 0.00829. The number of anilines is 1. The minimum Gasteiger partial charge on any atom is -0.497 e. The molecule has 1 aromatic heterocycles. The summed E-state index contributed by atoms with van der Waals surface area (Å²) in [4.78, 5) is 22.2. The molecule has 1 unspecified atom stereocenters. The van der Waals surface area contributed by atoms with E-state index < -0.39 is 5.79 Å².